The SMILES string of the molecule is NC(=O)c1ccc(NCC2(CO)CCCC2)c(N)c1. The molecule has 2 rings (SSSR count). The van der Waals surface area contributed by atoms with Gasteiger partial charge in [-0.05, 0) is 31.0 Å². The Balaban J connectivity index is 2.05. The smallest absolute Gasteiger partial charge is 0.248 e. The Morgan fingerprint density at radius 3 is 2.58 bits per heavy atom. The number of carbonyl (C=O) groups excluding carboxylic acids is 1. The van der Waals surface area contributed by atoms with E-state index in [-0.39, 0.29) is 12.0 Å². The molecule has 0 aromatic heterocycles. The van der Waals surface area contributed by atoms with Crippen LogP contribution in [0, 0.1) is 5.41 Å². The molecular weight excluding hydrogens is 242 g/mol. The maximum absolute atomic E-state index is 11.0. The van der Waals surface area contributed by atoms with Gasteiger partial charge in [-0.2, -0.15) is 0 Å². The van der Waals surface area contributed by atoms with E-state index in [1.54, 1.807) is 18.2 Å². The van der Waals surface area contributed by atoms with Crippen molar-refractivity contribution in [3.63, 3.8) is 0 Å². The quantitative estimate of drug-likeness (QED) is 0.602. The van der Waals surface area contributed by atoms with Crippen molar-refractivity contribution in [2.45, 2.75) is 25.7 Å². The van der Waals surface area contributed by atoms with Gasteiger partial charge in [0.05, 0.1) is 18.0 Å². The van der Waals surface area contributed by atoms with Crippen LogP contribution in [-0.4, -0.2) is 24.2 Å². The van der Waals surface area contributed by atoms with Crippen molar-refractivity contribution in [1.82, 2.24) is 0 Å². The van der Waals surface area contributed by atoms with Gasteiger partial charge in [-0.3, -0.25) is 4.79 Å². The van der Waals surface area contributed by atoms with E-state index in [4.69, 9.17) is 11.5 Å². The minimum atomic E-state index is -0.485. The molecule has 104 valence electrons. The monoisotopic (exact) mass is 263 g/mol. The number of hydrogen-bond donors (Lipinski definition) is 4. The highest BCUT2D eigenvalue weighted by Crippen LogP contribution is 2.38. The summed E-state index contributed by atoms with van der Waals surface area (Å²) in [5.74, 6) is -0.485. The molecular formula is C14H21N3O2. The van der Waals surface area contributed by atoms with E-state index in [1.165, 1.54) is 12.8 Å². The van der Waals surface area contributed by atoms with Crippen LogP contribution in [0.5, 0.6) is 0 Å². The van der Waals surface area contributed by atoms with Crippen LogP contribution in [0.2, 0.25) is 0 Å². The number of primary amides is 1. The van der Waals surface area contributed by atoms with Gasteiger partial charge in [-0.25, -0.2) is 0 Å². The summed E-state index contributed by atoms with van der Waals surface area (Å²) in [4.78, 5) is 11.0. The number of hydrogen-bond acceptors (Lipinski definition) is 4. The zero-order valence-corrected chi connectivity index (χ0v) is 11.0. The third-order valence-corrected chi connectivity index (χ3v) is 3.99. The van der Waals surface area contributed by atoms with Gasteiger partial charge in [-0.1, -0.05) is 12.8 Å². The van der Waals surface area contributed by atoms with Gasteiger partial charge in [0.1, 0.15) is 0 Å². The molecule has 1 aliphatic carbocycles. The zero-order valence-electron chi connectivity index (χ0n) is 11.0. The van der Waals surface area contributed by atoms with Gasteiger partial charge in [0.25, 0.3) is 0 Å². The van der Waals surface area contributed by atoms with E-state index < -0.39 is 5.91 Å². The van der Waals surface area contributed by atoms with Crippen LogP contribution in [0.3, 0.4) is 0 Å². The highest BCUT2D eigenvalue weighted by Gasteiger charge is 2.32. The summed E-state index contributed by atoms with van der Waals surface area (Å²) in [6, 6.07) is 4.99. The fourth-order valence-electron chi connectivity index (χ4n) is 2.68. The van der Waals surface area contributed by atoms with Crippen LogP contribution in [0.1, 0.15) is 36.0 Å². The summed E-state index contributed by atoms with van der Waals surface area (Å²) in [6.45, 7) is 0.892. The topological polar surface area (TPSA) is 101 Å². The minimum absolute atomic E-state index is 0.0329. The summed E-state index contributed by atoms with van der Waals surface area (Å²) in [5, 5.41) is 12.8. The lowest BCUT2D eigenvalue weighted by Crippen LogP contribution is -2.30. The molecule has 1 aromatic carbocycles. The Morgan fingerprint density at radius 1 is 1.37 bits per heavy atom. The number of amides is 1. The average molecular weight is 263 g/mol. The average Bonchev–Trinajstić information content (AvgIpc) is 2.86. The predicted octanol–water partition coefficient (Wildman–Crippen LogP) is 1.33. The number of nitrogens with one attached hydrogen (secondary N) is 1. The minimum Gasteiger partial charge on any atom is -0.397 e. The molecule has 1 fully saturated rings. The van der Waals surface area contributed by atoms with Gasteiger partial charge in [0.2, 0.25) is 5.91 Å². The molecule has 1 aliphatic rings. The molecule has 19 heavy (non-hydrogen) atoms. The Morgan fingerprint density at radius 2 is 2.05 bits per heavy atom. The number of nitrogens with two attached hydrogens (primary N) is 2. The highest BCUT2D eigenvalue weighted by molar-refractivity contribution is 5.94. The molecule has 0 saturated heterocycles. The first-order valence-corrected chi connectivity index (χ1v) is 6.60. The number of carbonyl (C=O) groups is 1. The summed E-state index contributed by atoms with van der Waals surface area (Å²) in [7, 11) is 0. The van der Waals surface area contributed by atoms with Gasteiger partial charge < -0.3 is 21.9 Å². The molecule has 0 heterocycles. The number of rotatable bonds is 5. The van der Waals surface area contributed by atoms with Crippen molar-refractivity contribution in [2.24, 2.45) is 11.1 Å². The first kappa shape index (κ1) is 13.7. The van der Waals surface area contributed by atoms with Gasteiger partial charge in [-0.15, -0.1) is 0 Å². The van der Waals surface area contributed by atoms with E-state index >= 15 is 0 Å². The lowest BCUT2D eigenvalue weighted by Gasteiger charge is -2.27. The van der Waals surface area contributed by atoms with Crippen molar-refractivity contribution in [2.75, 3.05) is 24.2 Å². The van der Waals surface area contributed by atoms with Crippen LogP contribution in [0.4, 0.5) is 11.4 Å². The molecule has 0 atom stereocenters. The van der Waals surface area contributed by atoms with Crippen molar-refractivity contribution in [3.05, 3.63) is 23.8 Å². The predicted molar refractivity (Wildman–Crippen MR) is 75.8 cm³/mol. The molecule has 0 aliphatic heterocycles. The Hall–Kier alpha value is -1.75. The van der Waals surface area contributed by atoms with Crippen molar-refractivity contribution < 1.29 is 9.90 Å². The molecule has 0 radical (unpaired) electrons. The van der Waals surface area contributed by atoms with E-state index in [0.717, 1.165) is 18.5 Å². The molecule has 5 heteroatoms. The largest absolute Gasteiger partial charge is 0.397 e. The third-order valence-electron chi connectivity index (χ3n) is 3.99. The highest BCUT2D eigenvalue weighted by atomic mass is 16.3. The Kier molecular flexibility index (Phi) is 3.95. The molecule has 1 amide bonds. The first-order chi connectivity index (χ1) is 9.06. The van der Waals surface area contributed by atoms with E-state index in [9.17, 15) is 9.90 Å². The van der Waals surface area contributed by atoms with E-state index in [1.807, 2.05) is 0 Å². The van der Waals surface area contributed by atoms with Crippen LogP contribution in [-0.2, 0) is 0 Å². The van der Waals surface area contributed by atoms with Gasteiger partial charge >= 0.3 is 0 Å². The van der Waals surface area contributed by atoms with Crippen molar-refractivity contribution in [1.29, 1.82) is 0 Å². The molecule has 5 nitrogen and oxygen atoms in total. The van der Waals surface area contributed by atoms with Gasteiger partial charge in [0, 0.05) is 17.5 Å². The molecule has 0 unspecified atom stereocenters. The van der Waals surface area contributed by atoms with E-state index in [0.29, 0.717) is 17.8 Å². The summed E-state index contributed by atoms with van der Waals surface area (Å²) < 4.78 is 0. The van der Waals surface area contributed by atoms with Crippen LogP contribution in [0.25, 0.3) is 0 Å². The third kappa shape index (κ3) is 2.98. The molecule has 1 saturated carbocycles. The fourth-order valence-corrected chi connectivity index (χ4v) is 2.68. The maximum atomic E-state index is 11.0. The number of aliphatic hydroxyl groups excluding tert-OH is 1. The second-order valence-corrected chi connectivity index (χ2v) is 5.39. The lowest BCUT2D eigenvalue weighted by atomic mass is 9.87. The maximum Gasteiger partial charge on any atom is 0.248 e. The lowest BCUT2D eigenvalue weighted by molar-refractivity contribution is 0.100. The number of nitrogen functional groups attached to an aromatic ring is 1. The molecule has 0 spiro atoms. The van der Waals surface area contributed by atoms with Crippen LogP contribution >= 0.6 is 0 Å². The van der Waals surface area contributed by atoms with E-state index in [2.05, 4.69) is 5.32 Å². The standard InChI is InChI=1S/C14H21N3O2/c15-11-7-10(13(16)19)3-4-12(11)17-8-14(9-18)5-1-2-6-14/h3-4,7,17-18H,1-2,5-6,8-9,15H2,(H2,16,19). The Labute approximate surface area is 113 Å². The van der Waals surface area contributed by atoms with Crippen LogP contribution < -0.4 is 16.8 Å². The summed E-state index contributed by atoms with van der Waals surface area (Å²) >= 11 is 0. The molecule has 0 bridgehead atoms. The molecule has 1 aromatic rings. The molecule has 6 N–H and O–H groups in total. The number of anilines is 2. The van der Waals surface area contributed by atoms with Gasteiger partial charge in [0.15, 0.2) is 0 Å². The van der Waals surface area contributed by atoms with Crippen molar-refractivity contribution >= 4 is 17.3 Å². The van der Waals surface area contributed by atoms with Crippen LogP contribution in [0.15, 0.2) is 18.2 Å². The Bertz CT molecular complexity index is 468. The number of benzene rings is 1. The first-order valence-electron chi connectivity index (χ1n) is 6.60. The normalized spacial score (nSPS) is 17.3. The second-order valence-electron chi connectivity index (χ2n) is 5.39. The number of aliphatic hydroxyl groups is 1. The fraction of sp³-hybridized carbons (Fsp3) is 0.500. The summed E-state index contributed by atoms with van der Waals surface area (Å²) in [5.41, 5.74) is 12.8. The van der Waals surface area contributed by atoms with Crippen molar-refractivity contribution in [3.8, 4) is 0 Å². The summed E-state index contributed by atoms with van der Waals surface area (Å²) in [6.07, 6.45) is 4.40. The second kappa shape index (κ2) is 5.48. The zero-order chi connectivity index (χ0) is 13.9.